The first-order chi connectivity index (χ1) is 9.92. The van der Waals surface area contributed by atoms with Crippen molar-refractivity contribution in [2.75, 3.05) is 37.6 Å². The van der Waals surface area contributed by atoms with E-state index in [1.54, 1.807) is 7.05 Å². The molecular formula is C16H32N4O. The fourth-order valence-corrected chi connectivity index (χ4v) is 1.82. The molecule has 1 rings (SSSR count). The van der Waals surface area contributed by atoms with Gasteiger partial charge in [0.1, 0.15) is 0 Å². The van der Waals surface area contributed by atoms with Gasteiger partial charge in [-0.15, -0.1) is 0 Å². The van der Waals surface area contributed by atoms with E-state index >= 15 is 0 Å². The van der Waals surface area contributed by atoms with Crippen LogP contribution in [0.2, 0.25) is 0 Å². The van der Waals surface area contributed by atoms with Gasteiger partial charge >= 0.3 is 0 Å². The summed E-state index contributed by atoms with van der Waals surface area (Å²) in [6.07, 6.45) is 2.30. The molecule has 0 bridgehead atoms. The highest BCUT2D eigenvalue weighted by atomic mass is 16.3. The molecule has 21 heavy (non-hydrogen) atoms. The zero-order chi connectivity index (χ0) is 16.3. The Labute approximate surface area is 129 Å². The first-order valence-electron chi connectivity index (χ1n) is 7.58. The summed E-state index contributed by atoms with van der Waals surface area (Å²) in [5, 5.41) is 10.4. The lowest BCUT2D eigenvalue weighted by Gasteiger charge is -2.19. The fourth-order valence-electron chi connectivity index (χ4n) is 1.82. The molecular weight excluding hydrogens is 264 g/mol. The summed E-state index contributed by atoms with van der Waals surface area (Å²) in [6, 6.07) is 7.46. The van der Waals surface area contributed by atoms with Gasteiger partial charge in [0.15, 0.2) is 0 Å². The van der Waals surface area contributed by atoms with Crippen LogP contribution in [0.15, 0.2) is 24.3 Å². The van der Waals surface area contributed by atoms with Crippen LogP contribution >= 0.6 is 0 Å². The Kier molecular flexibility index (Phi) is 10.7. The van der Waals surface area contributed by atoms with Crippen LogP contribution in [0.5, 0.6) is 0 Å². The highest BCUT2D eigenvalue weighted by Gasteiger charge is 2.02. The molecule has 122 valence electrons. The first-order valence-corrected chi connectivity index (χ1v) is 7.58. The Morgan fingerprint density at radius 1 is 1.19 bits per heavy atom. The van der Waals surface area contributed by atoms with Crippen molar-refractivity contribution in [2.45, 2.75) is 33.6 Å². The van der Waals surface area contributed by atoms with Crippen molar-refractivity contribution in [1.29, 1.82) is 0 Å². The van der Waals surface area contributed by atoms with Crippen LogP contribution in [0.3, 0.4) is 0 Å². The average molecular weight is 296 g/mol. The Bertz CT molecular complexity index is 369. The van der Waals surface area contributed by atoms with Gasteiger partial charge in [-0.05, 0) is 30.9 Å². The van der Waals surface area contributed by atoms with Gasteiger partial charge in [0, 0.05) is 20.1 Å². The maximum absolute atomic E-state index is 8.90. The number of nitrogen functional groups attached to an aromatic ring is 1. The molecule has 0 aliphatic carbocycles. The molecule has 0 saturated heterocycles. The van der Waals surface area contributed by atoms with Gasteiger partial charge in [-0.1, -0.05) is 32.9 Å². The molecule has 5 nitrogen and oxygen atoms in total. The molecule has 0 aliphatic rings. The van der Waals surface area contributed by atoms with E-state index in [1.165, 1.54) is 11.4 Å². The van der Waals surface area contributed by atoms with Crippen LogP contribution in [-0.2, 0) is 0 Å². The lowest BCUT2D eigenvalue weighted by molar-refractivity contribution is 0.103. The Balaban J connectivity index is 0.000000382. The Morgan fingerprint density at radius 3 is 2.19 bits per heavy atom. The second kappa shape index (κ2) is 11.4. The number of anilines is 2. The summed E-state index contributed by atoms with van der Waals surface area (Å²) < 4.78 is 0. The highest BCUT2D eigenvalue weighted by molar-refractivity contribution is 5.65. The SMILES string of the molecule is CCCN(CO)CCC(C)C.CN(N)c1ccccc1N. The smallest absolute Gasteiger partial charge is 0.0956 e. The van der Waals surface area contributed by atoms with Gasteiger partial charge in [-0.2, -0.15) is 0 Å². The lowest BCUT2D eigenvalue weighted by Crippen LogP contribution is -2.27. The maximum Gasteiger partial charge on any atom is 0.0956 e. The zero-order valence-electron chi connectivity index (χ0n) is 13.9. The molecule has 0 saturated carbocycles. The predicted molar refractivity (Wildman–Crippen MR) is 91.8 cm³/mol. The standard InChI is InChI=1S/C9H21NO.C7H11N3/c1-4-6-10(8-11)7-5-9(2)3;1-10(9)7-5-3-2-4-6(7)8/h9,11H,4-8H2,1-3H3;2-5H,8-9H2,1H3. The molecule has 1 aromatic rings. The first kappa shape index (κ1) is 19.7. The van der Waals surface area contributed by atoms with Crippen LogP contribution in [0.4, 0.5) is 11.4 Å². The number of aliphatic hydroxyl groups excluding tert-OH is 1. The number of hydrogen-bond donors (Lipinski definition) is 3. The summed E-state index contributed by atoms with van der Waals surface area (Å²) in [6.45, 7) is 8.81. The van der Waals surface area contributed by atoms with E-state index in [9.17, 15) is 0 Å². The van der Waals surface area contributed by atoms with Gasteiger partial charge in [-0.3, -0.25) is 4.90 Å². The normalized spacial score (nSPS) is 10.5. The number of benzene rings is 1. The summed E-state index contributed by atoms with van der Waals surface area (Å²) in [5.74, 6) is 6.20. The zero-order valence-corrected chi connectivity index (χ0v) is 13.9. The molecule has 0 aliphatic heterocycles. The summed E-state index contributed by atoms with van der Waals surface area (Å²) >= 11 is 0. The molecule has 0 aromatic heterocycles. The van der Waals surface area contributed by atoms with Crippen molar-refractivity contribution in [2.24, 2.45) is 11.8 Å². The van der Waals surface area contributed by atoms with Crippen LogP contribution in [0.25, 0.3) is 0 Å². The Hall–Kier alpha value is -1.30. The monoisotopic (exact) mass is 296 g/mol. The predicted octanol–water partition coefficient (Wildman–Crippen LogP) is 2.27. The van der Waals surface area contributed by atoms with Gasteiger partial charge in [0.2, 0.25) is 0 Å². The average Bonchev–Trinajstić information content (AvgIpc) is 2.44. The van der Waals surface area contributed by atoms with Crippen LogP contribution < -0.4 is 16.6 Å². The minimum absolute atomic E-state index is 0.209. The number of nitrogens with two attached hydrogens (primary N) is 2. The van der Waals surface area contributed by atoms with Crippen LogP contribution in [0.1, 0.15) is 33.6 Å². The largest absolute Gasteiger partial charge is 0.397 e. The van der Waals surface area contributed by atoms with Crippen LogP contribution in [0, 0.1) is 5.92 Å². The van der Waals surface area contributed by atoms with Gasteiger partial charge < -0.3 is 15.8 Å². The molecule has 0 atom stereocenters. The topological polar surface area (TPSA) is 78.8 Å². The lowest BCUT2D eigenvalue weighted by atomic mass is 10.1. The number of hydrazine groups is 1. The van der Waals surface area contributed by atoms with Crippen molar-refractivity contribution in [3.8, 4) is 0 Å². The van der Waals surface area contributed by atoms with Gasteiger partial charge in [0.05, 0.1) is 18.1 Å². The van der Waals surface area contributed by atoms with E-state index in [2.05, 4.69) is 25.7 Å². The number of nitrogens with zero attached hydrogens (tertiary/aromatic N) is 2. The third-order valence-corrected chi connectivity index (χ3v) is 3.08. The molecule has 0 heterocycles. The molecule has 0 spiro atoms. The van der Waals surface area contributed by atoms with E-state index < -0.39 is 0 Å². The Morgan fingerprint density at radius 2 is 1.81 bits per heavy atom. The molecule has 5 heteroatoms. The molecule has 5 N–H and O–H groups in total. The van der Waals surface area contributed by atoms with Crippen molar-refractivity contribution >= 4 is 11.4 Å². The van der Waals surface area contributed by atoms with E-state index in [4.69, 9.17) is 16.7 Å². The molecule has 0 unspecified atom stereocenters. The molecule has 0 fully saturated rings. The molecule has 1 aromatic carbocycles. The third-order valence-electron chi connectivity index (χ3n) is 3.08. The van der Waals surface area contributed by atoms with Crippen molar-refractivity contribution < 1.29 is 5.11 Å². The van der Waals surface area contributed by atoms with E-state index in [0.717, 1.165) is 31.1 Å². The summed E-state index contributed by atoms with van der Waals surface area (Å²) in [5.41, 5.74) is 7.15. The minimum Gasteiger partial charge on any atom is -0.397 e. The van der Waals surface area contributed by atoms with Crippen molar-refractivity contribution in [3.05, 3.63) is 24.3 Å². The van der Waals surface area contributed by atoms with E-state index in [0.29, 0.717) is 5.69 Å². The van der Waals surface area contributed by atoms with Crippen molar-refractivity contribution in [3.63, 3.8) is 0 Å². The van der Waals surface area contributed by atoms with Gasteiger partial charge in [0.25, 0.3) is 0 Å². The number of para-hydroxylation sites is 2. The van der Waals surface area contributed by atoms with Gasteiger partial charge in [-0.25, -0.2) is 5.84 Å². The fraction of sp³-hybridized carbons (Fsp3) is 0.625. The van der Waals surface area contributed by atoms with E-state index in [1.807, 2.05) is 24.3 Å². The summed E-state index contributed by atoms with van der Waals surface area (Å²) in [4.78, 5) is 2.08. The van der Waals surface area contributed by atoms with E-state index in [-0.39, 0.29) is 6.73 Å². The quantitative estimate of drug-likeness (QED) is 0.311. The third kappa shape index (κ3) is 9.28. The minimum atomic E-state index is 0.209. The van der Waals surface area contributed by atoms with Crippen molar-refractivity contribution in [1.82, 2.24) is 4.90 Å². The molecule has 0 amide bonds. The maximum atomic E-state index is 8.90. The second-order valence-electron chi connectivity index (χ2n) is 5.61. The number of hydrogen-bond acceptors (Lipinski definition) is 5. The second-order valence-corrected chi connectivity index (χ2v) is 5.61. The van der Waals surface area contributed by atoms with Crippen LogP contribution in [-0.4, -0.2) is 36.9 Å². The molecule has 0 radical (unpaired) electrons. The number of rotatable bonds is 7. The summed E-state index contributed by atoms with van der Waals surface area (Å²) in [7, 11) is 1.76. The highest BCUT2D eigenvalue weighted by Crippen LogP contribution is 2.17. The number of aliphatic hydroxyl groups is 1.